The van der Waals surface area contributed by atoms with Gasteiger partial charge in [-0.3, -0.25) is 0 Å². The molecule has 0 aromatic rings. The van der Waals surface area contributed by atoms with E-state index in [0.29, 0.717) is 0 Å². The minimum Gasteiger partial charge on any atom is -0.391 e. The maximum absolute atomic E-state index is 10.3. The van der Waals surface area contributed by atoms with Gasteiger partial charge >= 0.3 is 0 Å². The maximum Gasteiger partial charge on any atom is 0.0832 e. The maximum atomic E-state index is 10.3. The van der Waals surface area contributed by atoms with E-state index < -0.39 is 11.5 Å². The van der Waals surface area contributed by atoms with Crippen LogP contribution in [0.1, 0.15) is 78.1 Å². The second-order valence-electron chi connectivity index (χ2n) is 6.17. The minimum absolute atomic E-state index is 0.406. The summed E-state index contributed by atoms with van der Waals surface area (Å²) in [6, 6.07) is 2.44. The van der Waals surface area contributed by atoms with Gasteiger partial charge in [-0.05, 0) is 38.0 Å². The number of aliphatic hydroxyl groups is 1. The van der Waals surface area contributed by atoms with Crippen molar-refractivity contribution in [3.63, 3.8) is 0 Å². The van der Waals surface area contributed by atoms with Crippen molar-refractivity contribution in [1.82, 2.24) is 0 Å². The molecule has 0 aliphatic heterocycles. The van der Waals surface area contributed by atoms with Gasteiger partial charge in [0.15, 0.2) is 0 Å². The highest BCUT2D eigenvalue weighted by atomic mass is 16.3. The number of unbranched alkanes of at least 4 members (excludes halogenated alkanes) is 4. The van der Waals surface area contributed by atoms with E-state index in [9.17, 15) is 10.4 Å². The fraction of sp³-hybridized carbons (Fsp3) is 0.938. The van der Waals surface area contributed by atoms with Crippen LogP contribution in [0.2, 0.25) is 0 Å². The third-order valence-electron chi connectivity index (χ3n) is 4.61. The molecule has 1 atom stereocenters. The molecule has 1 saturated carbocycles. The van der Waals surface area contributed by atoms with Gasteiger partial charge in [-0.25, -0.2) is 0 Å². The lowest BCUT2D eigenvalue weighted by molar-refractivity contribution is 0.0204. The Bertz CT molecular complexity index is 261. The molecule has 0 amide bonds. The molecule has 2 heteroatoms. The summed E-state index contributed by atoms with van der Waals surface area (Å²) in [5, 5.41) is 19.8. The van der Waals surface area contributed by atoms with Crippen molar-refractivity contribution in [1.29, 1.82) is 5.26 Å². The summed E-state index contributed by atoms with van der Waals surface area (Å²) < 4.78 is 0. The van der Waals surface area contributed by atoms with Gasteiger partial charge in [0.1, 0.15) is 0 Å². The standard InChI is InChI=1S/C16H29NO/c1-3-4-5-6-7-8-15(18)16(13-17)11-9-14(2)10-12-16/h14-15,18H,3-12H2,1-2H3. The van der Waals surface area contributed by atoms with Crippen LogP contribution in [-0.2, 0) is 0 Å². The van der Waals surface area contributed by atoms with Crippen molar-refractivity contribution >= 4 is 0 Å². The van der Waals surface area contributed by atoms with Gasteiger partial charge in [0, 0.05) is 0 Å². The zero-order valence-electron chi connectivity index (χ0n) is 12.1. The van der Waals surface area contributed by atoms with Gasteiger partial charge in [0.05, 0.1) is 17.6 Å². The lowest BCUT2D eigenvalue weighted by atomic mass is 9.67. The normalized spacial score (nSPS) is 29.8. The summed E-state index contributed by atoms with van der Waals surface area (Å²) in [4.78, 5) is 0. The first-order valence-electron chi connectivity index (χ1n) is 7.74. The molecule has 1 rings (SSSR count). The van der Waals surface area contributed by atoms with E-state index in [0.717, 1.165) is 44.4 Å². The molecule has 0 heterocycles. The molecule has 0 aromatic heterocycles. The van der Waals surface area contributed by atoms with E-state index >= 15 is 0 Å². The average molecular weight is 251 g/mol. The number of rotatable bonds is 7. The molecule has 0 bridgehead atoms. The fourth-order valence-electron chi connectivity index (χ4n) is 3.01. The van der Waals surface area contributed by atoms with Crippen LogP contribution in [-0.4, -0.2) is 11.2 Å². The predicted molar refractivity (Wildman–Crippen MR) is 75.1 cm³/mol. The third-order valence-corrected chi connectivity index (χ3v) is 4.61. The number of hydrogen-bond donors (Lipinski definition) is 1. The first-order valence-corrected chi connectivity index (χ1v) is 7.74. The van der Waals surface area contributed by atoms with Crippen molar-refractivity contribution in [2.45, 2.75) is 84.2 Å². The summed E-state index contributed by atoms with van der Waals surface area (Å²) in [6.45, 7) is 4.46. The molecule has 0 radical (unpaired) electrons. The number of nitrogens with zero attached hydrogens (tertiary/aromatic N) is 1. The number of nitriles is 1. The Labute approximate surface area is 112 Å². The SMILES string of the molecule is CCCCCCCC(O)C1(C#N)CCC(C)CC1. The third kappa shape index (κ3) is 4.28. The highest BCUT2D eigenvalue weighted by Crippen LogP contribution is 2.42. The molecular weight excluding hydrogens is 222 g/mol. The Balaban J connectivity index is 2.33. The second kappa shape index (κ2) is 7.79. The first kappa shape index (κ1) is 15.5. The molecule has 1 aliphatic carbocycles. The van der Waals surface area contributed by atoms with Gasteiger partial charge in [-0.1, -0.05) is 46.0 Å². The van der Waals surface area contributed by atoms with Crippen LogP contribution >= 0.6 is 0 Å². The summed E-state index contributed by atoms with van der Waals surface area (Å²) in [5.74, 6) is 0.725. The van der Waals surface area contributed by atoms with E-state index in [2.05, 4.69) is 19.9 Å². The molecule has 0 aromatic carbocycles. The molecule has 0 spiro atoms. The smallest absolute Gasteiger partial charge is 0.0832 e. The van der Waals surface area contributed by atoms with E-state index in [1.54, 1.807) is 0 Å². The van der Waals surface area contributed by atoms with E-state index in [1.165, 1.54) is 25.7 Å². The lowest BCUT2D eigenvalue weighted by Gasteiger charge is -2.37. The Morgan fingerprint density at radius 2 is 1.83 bits per heavy atom. The number of aliphatic hydroxyl groups excluding tert-OH is 1. The molecule has 104 valence electrons. The van der Waals surface area contributed by atoms with E-state index in [4.69, 9.17) is 0 Å². The van der Waals surface area contributed by atoms with Crippen molar-refractivity contribution in [2.24, 2.45) is 11.3 Å². The van der Waals surface area contributed by atoms with Gasteiger partial charge in [-0.15, -0.1) is 0 Å². The van der Waals surface area contributed by atoms with Gasteiger partial charge in [0.2, 0.25) is 0 Å². The zero-order valence-corrected chi connectivity index (χ0v) is 12.1. The summed E-state index contributed by atoms with van der Waals surface area (Å²) in [6.07, 6.45) is 10.5. The molecule has 18 heavy (non-hydrogen) atoms. The van der Waals surface area contributed by atoms with Crippen LogP contribution in [0.3, 0.4) is 0 Å². The van der Waals surface area contributed by atoms with Crippen LogP contribution in [0, 0.1) is 22.7 Å². The quantitative estimate of drug-likeness (QED) is 0.680. The molecule has 1 fully saturated rings. The Morgan fingerprint density at radius 3 is 2.39 bits per heavy atom. The van der Waals surface area contributed by atoms with Crippen molar-refractivity contribution in [3.05, 3.63) is 0 Å². The van der Waals surface area contributed by atoms with Gasteiger partial charge in [-0.2, -0.15) is 5.26 Å². The molecule has 1 unspecified atom stereocenters. The molecule has 0 saturated heterocycles. The van der Waals surface area contributed by atoms with Crippen LogP contribution in [0.4, 0.5) is 0 Å². The Kier molecular flexibility index (Phi) is 6.71. The van der Waals surface area contributed by atoms with Crippen LogP contribution in [0.15, 0.2) is 0 Å². The van der Waals surface area contributed by atoms with Crippen molar-refractivity contribution in [3.8, 4) is 6.07 Å². The average Bonchev–Trinajstić information content (AvgIpc) is 2.39. The van der Waals surface area contributed by atoms with Crippen LogP contribution in [0.5, 0.6) is 0 Å². The largest absolute Gasteiger partial charge is 0.391 e. The van der Waals surface area contributed by atoms with Crippen LogP contribution < -0.4 is 0 Å². The lowest BCUT2D eigenvalue weighted by Crippen LogP contribution is -2.37. The summed E-state index contributed by atoms with van der Waals surface area (Å²) in [7, 11) is 0. The van der Waals surface area contributed by atoms with Gasteiger partial charge in [0.25, 0.3) is 0 Å². The van der Waals surface area contributed by atoms with Crippen LogP contribution in [0.25, 0.3) is 0 Å². The van der Waals surface area contributed by atoms with Crippen molar-refractivity contribution < 1.29 is 5.11 Å². The first-order chi connectivity index (χ1) is 8.64. The highest BCUT2D eigenvalue weighted by molar-refractivity contribution is 5.05. The van der Waals surface area contributed by atoms with Crippen molar-refractivity contribution in [2.75, 3.05) is 0 Å². The number of hydrogen-bond acceptors (Lipinski definition) is 2. The minimum atomic E-state index is -0.433. The fourth-order valence-corrected chi connectivity index (χ4v) is 3.01. The Morgan fingerprint density at radius 1 is 1.22 bits per heavy atom. The van der Waals surface area contributed by atoms with E-state index in [1.807, 2.05) is 0 Å². The molecule has 1 N–H and O–H groups in total. The van der Waals surface area contributed by atoms with E-state index in [-0.39, 0.29) is 0 Å². The predicted octanol–water partition coefficient (Wildman–Crippen LogP) is 4.43. The highest BCUT2D eigenvalue weighted by Gasteiger charge is 2.40. The molecule has 2 nitrogen and oxygen atoms in total. The molecule has 1 aliphatic rings. The monoisotopic (exact) mass is 251 g/mol. The Hall–Kier alpha value is -0.550. The second-order valence-corrected chi connectivity index (χ2v) is 6.17. The zero-order chi connectivity index (χ0) is 13.4. The topological polar surface area (TPSA) is 44.0 Å². The summed E-state index contributed by atoms with van der Waals surface area (Å²) >= 11 is 0. The summed E-state index contributed by atoms with van der Waals surface area (Å²) in [5.41, 5.74) is -0.433. The van der Waals surface area contributed by atoms with Gasteiger partial charge < -0.3 is 5.11 Å². The molecular formula is C16H29NO.